The number of nitrogens with one attached hydrogen (secondary N) is 2. The summed E-state index contributed by atoms with van der Waals surface area (Å²) in [6.45, 7) is 0.663. The minimum atomic E-state index is -0.261. The highest BCUT2D eigenvalue weighted by Crippen LogP contribution is 2.34. The van der Waals surface area contributed by atoms with Crippen LogP contribution in [0.1, 0.15) is 30.4 Å². The van der Waals surface area contributed by atoms with Crippen molar-refractivity contribution < 1.29 is 14.4 Å². The van der Waals surface area contributed by atoms with Gasteiger partial charge in [-0.3, -0.25) is 19.5 Å². The summed E-state index contributed by atoms with van der Waals surface area (Å²) in [5.41, 5.74) is 1.98. The Morgan fingerprint density at radius 1 is 1.06 bits per heavy atom. The second-order valence-corrected chi connectivity index (χ2v) is 9.40. The molecule has 2 unspecified atom stereocenters. The van der Waals surface area contributed by atoms with Crippen molar-refractivity contribution >= 4 is 40.5 Å². The lowest BCUT2D eigenvalue weighted by Gasteiger charge is -2.25. The van der Waals surface area contributed by atoms with Gasteiger partial charge >= 0.3 is 0 Å². The summed E-state index contributed by atoms with van der Waals surface area (Å²) in [5, 5.41) is 11.3. The molecule has 0 aliphatic heterocycles. The molecule has 166 valence electrons. The zero-order valence-electron chi connectivity index (χ0n) is 17.4. The van der Waals surface area contributed by atoms with Crippen LogP contribution in [-0.4, -0.2) is 27.1 Å². The molecule has 0 bridgehead atoms. The van der Waals surface area contributed by atoms with E-state index in [1.807, 2.05) is 60.7 Å². The van der Waals surface area contributed by atoms with Crippen LogP contribution in [0.4, 0.5) is 5.13 Å². The first-order chi connectivity index (χ1) is 15.6. The van der Waals surface area contributed by atoms with Crippen molar-refractivity contribution in [2.75, 3.05) is 5.32 Å². The molecule has 9 heteroatoms. The first-order valence-electron chi connectivity index (χ1n) is 10.5. The molecular formula is C23H24N4O3S2. The summed E-state index contributed by atoms with van der Waals surface area (Å²) >= 11 is 6.21. The van der Waals surface area contributed by atoms with Crippen molar-refractivity contribution in [1.82, 2.24) is 15.3 Å². The van der Waals surface area contributed by atoms with E-state index in [2.05, 4.69) is 15.5 Å². The number of aromatic amines is 1. The molecule has 1 saturated carbocycles. The Bertz CT molecular complexity index is 1100. The highest BCUT2D eigenvalue weighted by Gasteiger charge is 2.36. The van der Waals surface area contributed by atoms with Crippen LogP contribution in [0.5, 0.6) is 0 Å². The number of nitrogens with zero attached hydrogens (tertiary/aromatic N) is 2. The lowest BCUT2D eigenvalue weighted by atomic mass is 10.0. The smallest absolute Gasteiger partial charge is 0.249 e. The van der Waals surface area contributed by atoms with E-state index in [1.54, 1.807) is 0 Å². The number of rotatable bonds is 8. The number of benzene rings is 2. The van der Waals surface area contributed by atoms with E-state index in [0.717, 1.165) is 11.1 Å². The Morgan fingerprint density at radius 2 is 1.72 bits per heavy atom. The molecule has 7 nitrogen and oxygen atoms in total. The lowest BCUT2D eigenvalue weighted by Crippen LogP contribution is -2.35. The molecule has 4 rings (SSSR count). The highest BCUT2D eigenvalue weighted by atomic mass is 32.1. The third kappa shape index (κ3) is 5.87. The molecule has 1 heterocycles. The molecular weight excluding hydrogens is 444 g/mol. The first kappa shape index (κ1) is 22.3. The number of aromatic nitrogens is 2. The molecule has 0 radical (unpaired) electrons. The number of carbonyl (C=O) groups excluding carboxylic acids is 2. The molecule has 3 aromatic rings. The fraction of sp³-hybridized carbons (Fsp3) is 0.304. The fourth-order valence-corrected chi connectivity index (χ4v) is 4.59. The van der Waals surface area contributed by atoms with E-state index in [1.165, 1.54) is 16.4 Å². The molecule has 32 heavy (non-hydrogen) atoms. The molecule has 1 fully saturated rings. The molecule has 2 aromatic carbocycles. The van der Waals surface area contributed by atoms with Crippen LogP contribution in [0.25, 0.3) is 0 Å². The lowest BCUT2D eigenvalue weighted by molar-refractivity contribution is -0.199. The first-order valence-corrected chi connectivity index (χ1v) is 11.7. The van der Waals surface area contributed by atoms with Gasteiger partial charge in [0.1, 0.15) is 6.61 Å². The van der Waals surface area contributed by atoms with Crippen molar-refractivity contribution in [2.45, 2.75) is 32.4 Å². The molecule has 2 N–H and O–H groups in total. The van der Waals surface area contributed by atoms with E-state index < -0.39 is 0 Å². The zero-order valence-corrected chi connectivity index (χ0v) is 19.0. The largest absolute Gasteiger partial charge is 0.300 e. The number of H-pyrrole nitrogens is 1. The number of carbonyl (C=O) groups is 2. The predicted molar refractivity (Wildman–Crippen MR) is 125 cm³/mol. The fourth-order valence-electron chi connectivity index (χ4n) is 3.80. The van der Waals surface area contributed by atoms with Crippen LogP contribution in [0.3, 0.4) is 0 Å². The zero-order chi connectivity index (χ0) is 22.3. The van der Waals surface area contributed by atoms with E-state index in [4.69, 9.17) is 17.1 Å². The summed E-state index contributed by atoms with van der Waals surface area (Å²) in [4.78, 5) is 31.9. The van der Waals surface area contributed by atoms with E-state index in [-0.39, 0.29) is 23.7 Å². The van der Waals surface area contributed by atoms with Crippen LogP contribution < -0.4 is 5.32 Å². The van der Waals surface area contributed by atoms with Gasteiger partial charge in [-0.05, 0) is 42.6 Å². The standard InChI is InChI=1S/C23H24N4O3S2/c28-20(24-22-25-26-23(31)32-22)18-11-12-19(13-18)21(29)27(14-16-7-3-1-4-8-16)30-15-17-9-5-2-6-10-17/h1-10,18-19H,11-15H2,(H,26,31)(H,24,25,28). The maximum atomic E-state index is 13.3. The Balaban J connectivity index is 1.40. The number of amides is 2. The second kappa shape index (κ2) is 10.6. The van der Waals surface area contributed by atoms with E-state index in [9.17, 15) is 9.59 Å². The summed E-state index contributed by atoms with van der Waals surface area (Å²) in [7, 11) is 0. The number of hydrogen-bond donors (Lipinski definition) is 2. The van der Waals surface area contributed by atoms with Gasteiger partial charge in [-0.15, -0.1) is 5.10 Å². The van der Waals surface area contributed by atoms with Crippen molar-refractivity contribution in [1.29, 1.82) is 0 Å². The molecule has 1 aliphatic carbocycles. The predicted octanol–water partition coefficient (Wildman–Crippen LogP) is 4.72. The van der Waals surface area contributed by atoms with E-state index >= 15 is 0 Å². The number of hydroxylamine groups is 2. The van der Waals surface area contributed by atoms with E-state index in [0.29, 0.717) is 41.5 Å². The average Bonchev–Trinajstić information content (AvgIpc) is 3.47. The molecule has 0 spiro atoms. The Kier molecular flexibility index (Phi) is 7.41. The van der Waals surface area contributed by atoms with Gasteiger partial charge in [0, 0.05) is 11.8 Å². The highest BCUT2D eigenvalue weighted by molar-refractivity contribution is 7.73. The van der Waals surface area contributed by atoms with Crippen molar-refractivity contribution in [3.63, 3.8) is 0 Å². The van der Waals surface area contributed by atoms with Gasteiger partial charge in [0.15, 0.2) is 3.95 Å². The van der Waals surface area contributed by atoms with Crippen LogP contribution in [0, 0.1) is 15.8 Å². The molecule has 1 aromatic heterocycles. The van der Waals surface area contributed by atoms with Gasteiger partial charge in [-0.2, -0.15) is 0 Å². The number of anilines is 1. The molecule has 1 aliphatic rings. The van der Waals surface area contributed by atoms with Gasteiger partial charge in [0.05, 0.1) is 6.54 Å². The monoisotopic (exact) mass is 468 g/mol. The normalized spacial score (nSPS) is 17.8. The van der Waals surface area contributed by atoms with Crippen molar-refractivity contribution in [2.24, 2.45) is 11.8 Å². The van der Waals surface area contributed by atoms with Gasteiger partial charge in [0.2, 0.25) is 16.9 Å². The van der Waals surface area contributed by atoms with Crippen LogP contribution >= 0.6 is 23.6 Å². The van der Waals surface area contributed by atoms with Gasteiger partial charge in [-0.25, -0.2) is 5.06 Å². The van der Waals surface area contributed by atoms with Crippen LogP contribution in [0.15, 0.2) is 60.7 Å². The second-order valence-electron chi connectivity index (χ2n) is 7.73. The summed E-state index contributed by atoms with van der Waals surface area (Å²) in [5.74, 6) is -0.717. The summed E-state index contributed by atoms with van der Waals surface area (Å²) in [6, 6.07) is 19.5. The average molecular weight is 469 g/mol. The van der Waals surface area contributed by atoms with Crippen LogP contribution in [-0.2, 0) is 27.6 Å². The Labute approximate surface area is 195 Å². The van der Waals surface area contributed by atoms with Crippen LogP contribution in [0.2, 0.25) is 0 Å². The topological polar surface area (TPSA) is 87.3 Å². The third-order valence-electron chi connectivity index (χ3n) is 5.47. The maximum Gasteiger partial charge on any atom is 0.249 e. The van der Waals surface area contributed by atoms with Gasteiger partial charge in [-0.1, -0.05) is 72.0 Å². The molecule has 2 amide bonds. The third-order valence-corrected chi connectivity index (χ3v) is 6.47. The summed E-state index contributed by atoms with van der Waals surface area (Å²) in [6.07, 6.45) is 1.78. The summed E-state index contributed by atoms with van der Waals surface area (Å²) < 4.78 is 0.506. The Morgan fingerprint density at radius 3 is 2.38 bits per heavy atom. The SMILES string of the molecule is O=C(Nc1n[nH]c(=S)s1)C1CCC(C(=O)N(Cc2ccccc2)OCc2ccccc2)C1. The molecule has 0 saturated heterocycles. The minimum Gasteiger partial charge on any atom is -0.300 e. The maximum absolute atomic E-state index is 13.3. The van der Waals surface area contributed by atoms with Gasteiger partial charge in [0.25, 0.3) is 0 Å². The number of hydrogen-bond acceptors (Lipinski definition) is 6. The molecule has 2 atom stereocenters. The Hall–Kier alpha value is -2.88. The quantitative estimate of drug-likeness (QED) is 0.369. The van der Waals surface area contributed by atoms with Gasteiger partial charge < -0.3 is 5.32 Å². The van der Waals surface area contributed by atoms with Crippen molar-refractivity contribution in [3.05, 3.63) is 75.7 Å². The van der Waals surface area contributed by atoms with Crippen molar-refractivity contribution in [3.8, 4) is 0 Å². The minimum absolute atomic E-state index is 0.0875.